The molecule has 3 heterocycles. The molecule has 0 aromatic carbocycles. The van der Waals surface area contributed by atoms with E-state index >= 15 is 0 Å². The average molecular weight is 545 g/mol. The predicted octanol–water partition coefficient (Wildman–Crippen LogP) is 1.34. The molecule has 13 heteroatoms. The number of hydrogen-bond acceptors (Lipinski definition) is 7. The molecule has 12 nitrogen and oxygen atoms in total. The lowest BCUT2D eigenvalue weighted by molar-refractivity contribution is -0.114. The van der Waals surface area contributed by atoms with Gasteiger partial charge in [0.1, 0.15) is 0 Å². The summed E-state index contributed by atoms with van der Waals surface area (Å²) in [6.07, 6.45) is 2.55. The van der Waals surface area contributed by atoms with E-state index in [4.69, 9.17) is 16.1 Å². The molecule has 2 aromatic rings. The van der Waals surface area contributed by atoms with Crippen LogP contribution < -0.4 is 22.0 Å². The van der Waals surface area contributed by atoms with Crippen LogP contribution in [-0.2, 0) is 11.4 Å². The molecule has 0 aliphatic carbocycles. The van der Waals surface area contributed by atoms with E-state index < -0.39 is 0 Å². The standard InChI is InChI=1S/C25H37N9O3S/c1-16-13-21(23(26)30-32-27)29-18(3)22(16)24(35)28-9-5-17(2)33-10-6-20(7-11-33)34(25(36)31-37-4)14-19-8-12-38-15-19/h8,12-13,15,17,20H,5-7,9-11,14H2,1-4H3,(H,28,35)(H,31,36)(H3,26,27,30)/p+1/t17-/m1/s1. The van der Waals surface area contributed by atoms with Crippen LogP contribution in [0, 0.1) is 13.8 Å². The summed E-state index contributed by atoms with van der Waals surface area (Å²) >= 11 is 1.62. The average Bonchev–Trinajstić information content (AvgIpc) is 3.40. The van der Waals surface area contributed by atoms with Crippen LogP contribution in [0.5, 0.6) is 0 Å². The minimum absolute atomic E-state index is 0.0946. The van der Waals surface area contributed by atoms with Crippen LogP contribution in [0.1, 0.15) is 59.1 Å². The number of likely N-dealkylation sites (tertiary alicyclic amines) is 1. The van der Waals surface area contributed by atoms with Gasteiger partial charge < -0.3 is 15.1 Å². The van der Waals surface area contributed by atoms with Crippen molar-refractivity contribution in [3.63, 3.8) is 0 Å². The van der Waals surface area contributed by atoms with Crippen LogP contribution in [-0.4, -0.2) is 71.4 Å². The van der Waals surface area contributed by atoms with Gasteiger partial charge in [0.25, 0.3) is 5.91 Å². The second-order valence-electron chi connectivity index (χ2n) is 9.42. The number of aryl methyl sites for hydroxylation is 2. The highest BCUT2D eigenvalue weighted by molar-refractivity contribution is 7.07. The van der Waals surface area contributed by atoms with Gasteiger partial charge in [0, 0.05) is 43.5 Å². The number of nitrogens with two attached hydrogens (primary N) is 2. The van der Waals surface area contributed by atoms with Crippen molar-refractivity contribution < 1.29 is 19.8 Å². The fourth-order valence-corrected chi connectivity index (χ4v) is 5.48. The van der Waals surface area contributed by atoms with Gasteiger partial charge in [-0.25, -0.2) is 15.3 Å². The number of hydrogen-bond donors (Lipinski definition) is 4. The van der Waals surface area contributed by atoms with Crippen LogP contribution in [0.25, 0.3) is 0 Å². The van der Waals surface area contributed by atoms with Crippen molar-refractivity contribution >= 4 is 29.1 Å². The zero-order chi connectivity index (χ0) is 27.7. The molecule has 1 aliphatic rings. The van der Waals surface area contributed by atoms with Crippen molar-refractivity contribution in [3.05, 3.63) is 51.0 Å². The van der Waals surface area contributed by atoms with E-state index in [1.165, 1.54) is 7.11 Å². The van der Waals surface area contributed by atoms with Crippen LogP contribution in [0.3, 0.4) is 0 Å². The highest BCUT2D eigenvalue weighted by Crippen LogP contribution is 2.22. The largest absolute Gasteiger partial charge is 0.369 e. The Morgan fingerprint density at radius 1 is 1.37 bits per heavy atom. The molecule has 0 unspecified atom stereocenters. The zero-order valence-electron chi connectivity index (χ0n) is 22.4. The second-order valence-corrected chi connectivity index (χ2v) is 10.2. The fourth-order valence-electron chi connectivity index (χ4n) is 4.82. The Bertz CT molecular complexity index is 1110. The highest BCUT2D eigenvalue weighted by atomic mass is 32.1. The van der Waals surface area contributed by atoms with Gasteiger partial charge in [-0.15, -0.1) is 0 Å². The van der Waals surface area contributed by atoms with Crippen molar-refractivity contribution in [3.8, 4) is 0 Å². The fraction of sp³-hybridized carbons (Fsp3) is 0.520. The first-order chi connectivity index (χ1) is 18.2. The lowest BCUT2D eigenvalue weighted by Crippen LogP contribution is -2.51. The quantitative estimate of drug-likeness (QED) is 0.116. The van der Waals surface area contributed by atoms with E-state index in [0.29, 0.717) is 30.0 Å². The summed E-state index contributed by atoms with van der Waals surface area (Å²) in [5.41, 5.74) is 5.86. The molecule has 1 aliphatic heterocycles. The Balaban J connectivity index is 1.50. The number of carbonyl (C=O) groups excluding carboxylic acids is 2. The SMILES string of the molecule is CONC(=O)N(Cc1ccsc1)C1CCN([C@H](C)CCNC(=O)c2c(C)cc(C(=[NH2+])N=NN)nc2C)CC1. The predicted molar refractivity (Wildman–Crippen MR) is 145 cm³/mol. The van der Waals surface area contributed by atoms with Gasteiger partial charge in [0.05, 0.1) is 23.5 Å². The topological polar surface area (TPSA) is 163 Å². The number of nitrogens with zero attached hydrogens (tertiary/aromatic N) is 5. The molecule has 1 saturated heterocycles. The van der Waals surface area contributed by atoms with Gasteiger partial charge in [-0.3, -0.25) is 20.9 Å². The summed E-state index contributed by atoms with van der Waals surface area (Å²) in [6.45, 7) is 8.62. The summed E-state index contributed by atoms with van der Waals surface area (Å²) in [4.78, 5) is 39.1. The Morgan fingerprint density at radius 3 is 2.71 bits per heavy atom. The Morgan fingerprint density at radius 2 is 2.11 bits per heavy atom. The van der Waals surface area contributed by atoms with Gasteiger partial charge in [0.15, 0.2) is 5.69 Å². The monoisotopic (exact) mass is 544 g/mol. The number of pyridine rings is 1. The molecule has 0 saturated carbocycles. The first-order valence-corrected chi connectivity index (χ1v) is 13.5. The van der Waals surface area contributed by atoms with Crippen LogP contribution >= 0.6 is 11.3 Å². The molecule has 206 valence electrons. The summed E-state index contributed by atoms with van der Waals surface area (Å²) in [5.74, 6) is 4.99. The second kappa shape index (κ2) is 13.9. The number of rotatable bonds is 10. The summed E-state index contributed by atoms with van der Waals surface area (Å²) in [5, 5.41) is 19.7. The van der Waals surface area contributed by atoms with Crippen LogP contribution in [0.4, 0.5) is 4.79 Å². The Labute approximate surface area is 227 Å². The van der Waals surface area contributed by atoms with E-state index in [1.807, 2.05) is 23.3 Å². The van der Waals surface area contributed by atoms with Crippen molar-refractivity contribution in [2.45, 2.75) is 58.7 Å². The van der Waals surface area contributed by atoms with E-state index in [2.05, 4.69) is 43.3 Å². The van der Waals surface area contributed by atoms with Crippen LogP contribution in [0.2, 0.25) is 0 Å². The number of nitrogens with one attached hydrogen (secondary N) is 2. The number of thiophene rings is 1. The maximum Gasteiger partial charge on any atom is 0.369 e. The summed E-state index contributed by atoms with van der Waals surface area (Å²) < 4.78 is 0. The molecule has 6 N–H and O–H groups in total. The lowest BCUT2D eigenvalue weighted by atomic mass is 10.0. The highest BCUT2D eigenvalue weighted by Gasteiger charge is 2.30. The molecule has 3 rings (SSSR count). The van der Waals surface area contributed by atoms with E-state index in [-0.39, 0.29) is 29.9 Å². The van der Waals surface area contributed by atoms with Gasteiger partial charge in [0.2, 0.25) is 0 Å². The minimum Gasteiger partial charge on any atom is -0.352 e. The van der Waals surface area contributed by atoms with Gasteiger partial charge >= 0.3 is 11.9 Å². The third-order valence-corrected chi connectivity index (χ3v) is 7.58. The molecule has 38 heavy (non-hydrogen) atoms. The van der Waals surface area contributed by atoms with Crippen molar-refractivity contribution in [2.24, 2.45) is 16.2 Å². The van der Waals surface area contributed by atoms with Crippen molar-refractivity contribution in [2.75, 3.05) is 26.7 Å². The zero-order valence-corrected chi connectivity index (χ0v) is 23.3. The van der Waals surface area contributed by atoms with Crippen molar-refractivity contribution in [1.82, 2.24) is 25.6 Å². The molecule has 0 radical (unpaired) electrons. The van der Waals surface area contributed by atoms with E-state index in [0.717, 1.165) is 43.5 Å². The van der Waals surface area contributed by atoms with Gasteiger partial charge in [-0.05, 0) is 74.1 Å². The third kappa shape index (κ3) is 7.55. The van der Waals surface area contributed by atoms with Crippen LogP contribution in [0.15, 0.2) is 33.2 Å². The van der Waals surface area contributed by atoms with Gasteiger partial charge in [-0.1, -0.05) is 0 Å². The van der Waals surface area contributed by atoms with E-state index in [1.54, 1.807) is 24.3 Å². The molecule has 2 aromatic heterocycles. The molecular weight excluding hydrogens is 506 g/mol. The van der Waals surface area contributed by atoms with Crippen molar-refractivity contribution in [1.29, 1.82) is 0 Å². The number of urea groups is 1. The third-order valence-electron chi connectivity index (χ3n) is 6.85. The molecule has 1 fully saturated rings. The van der Waals surface area contributed by atoms with Gasteiger partial charge in [-0.2, -0.15) is 11.3 Å². The number of carbonyl (C=O) groups is 2. The normalized spacial score (nSPS) is 15.4. The lowest BCUT2D eigenvalue weighted by Gasteiger charge is -2.40. The summed E-state index contributed by atoms with van der Waals surface area (Å²) in [6, 6.07) is 3.94. The first kappa shape index (κ1) is 29.1. The number of aromatic nitrogens is 1. The molecule has 1 atom stereocenters. The maximum absolute atomic E-state index is 12.9. The number of amides is 3. The minimum atomic E-state index is -0.217. The molecular formula is C25H38N9O3S+. The smallest absolute Gasteiger partial charge is 0.352 e. The maximum atomic E-state index is 12.9. The number of piperidine rings is 1. The first-order valence-electron chi connectivity index (χ1n) is 12.6. The number of amidine groups is 1. The Hall–Kier alpha value is -3.42. The van der Waals surface area contributed by atoms with E-state index in [9.17, 15) is 9.59 Å². The Kier molecular flexibility index (Phi) is 10.7. The summed E-state index contributed by atoms with van der Waals surface area (Å²) in [7, 11) is 1.45. The molecule has 0 spiro atoms. The number of hydroxylamine groups is 1. The molecule has 3 amide bonds. The molecule has 0 bridgehead atoms.